The van der Waals surface area contributed by atoms with E-state index >= 15 is 0 Å². The van der Waals surface area contributed by atoms with Crippen LogP contribution in [0.25, 0.3) is 0 Å². The molecule has 1 heterocycles. The highest BCUT2D eigenvalue weighted by molar-refractivity contribution is 5.62. The summed E-state index contributed by atoms with van der Waals surface area (Å²) < 4.78 is 0. The molecular weight excluding hydrogens is 248 g/mol. The van der Waals surface area contributed by atoms with Crippen molar-refractivity contribution in [3.63, 3.8) is 0 Å². The fourth-order valence-corrected chi connectivity index (χ4v) is 1.60. The number of aromatic nitrogens is 2. The molecule has 8 heteroatoms. The van der Waals surface area contributed by atoms with E-state index in [2.05, 4.69) is 15.3 Å². The number of nitro groups is 1. The number of hydrogen-bond acceptors (Lipinski definition) is 7. The van der Waals surface area contributed by atoms with Gasteiger partial charge in [-0.1, -0.05) is 0 Å². The van der Waals surface area contributed by atoms with Crippen molar-refractivity contribution in [1.29, 1.82) is 0 Å². The average Bonchev–Trinajstić information content (AvgIpc) is 2.34. The number of hydrogen-bond donors (Lipinski definition) is 1. The van der Waals surface area contributed by atoms with Gasteiger partial charge in [0.05, 0.1) is 4.92 Å². The van der Waals surface area contributed by atoms with Gasteiger partial charge in [0.25, 0.3) is 0 Å². The first-order chi connectivity index (χ1) is 8.86. The van der Waals surface area contributed by atoms with Gasteiger partial charge in [0, 0.05) is 27.2 Å². The molecule has 1 rings (SSSR count). The van der Waals surface area contributed by atoms with E-state index in [4.69, 9.17) is 0 Å². The molecule has 8 nitrogen and oxygen atoms in total. The van der Waals surface area contributed by atoms with Gasteiger partial charge in [-0.3, -0.25) is 10.1 Å². The maximum Gasteiger partial charge on any atom is 0.332 e. The molecule has 0 amide bonds. The first-order valence-corrected chi connectivity index (χ1v) is 5.93. The van der Waals surface area contributed by atoms with Crippen molar-refractivity contribution in [1.82, 2.24) is 14.9 Å². The summed E-state index contributed by atoms with van der Waals surface area (Å²) in [5.41, 5.74) is 0.316. The van der Waals surface area contributed by atoms with Gasteiger partial charge in [0.2, 0.25) is 11.8 Å². The summed E-state index contributed by atoms with van der Waals surface area (Å²) in [5, 5.41) is 14.0. The summed E-state index contributed by atoms with van der Waals surface area (Å²) in [5.74, 6) is 0.721. The average molecular weight is 268 g/mol. The van der Waals surface area contributed by atoms with Crippen LogP contribution in [0.4, 0.5) is 17.5 Å². The smallest absolute Gasteiger partial charge is 0.332 e. The Morgan fingerprint density at radius 1 is 1.26 bits per heavy atom. The highest BCUT2D eigenvalue weighted by Gasteiger charge is 2.24. The van der Waals surface area contributed by atoms with Crippen LogP contribution in [-0.2, 0) is 0 Å². The van der Waals surface area contributed by atoms with E-state index in [0.29, 0.717) is 24.0 Å². The van der Waals surface area contributed by atoms with Crippen molar-refractivity contribution in [2.24, 2.45) is 0 Å². The Bertz CT molecular complexity index is 463. The molecule has 1 aromatic rings. The standard InChI is InChI=1S/C11H20N6O2/c1-8-9(17(18)19)10(14-11(12-2)13-8)16(5)7-6-15(3)4/h6-7H2,1-5H3,(H,12,13,14). The topological polar surface area (TPSA) is 87.4 Å². The molecule has 0 aliphatic rings. The lowest BCUT2D eigenvalue weighted by Crippen LogP contribution is -2.30. The zero-order chi connectivity index (χ0) is 14.6. The molecule has 0 fully saturated rings. The Morgan fingerprint density at radius 2 is 1.89 bits per heavy atom. The van der Waals surface area contributed by atoms with Gasteiger partial charge in [-0.2, -0.15) is 4.98 Å². The highest BCUT2D eigenvalue weighted by Crippen LogP contribution is 2.28. The quantitative estimate of drug-likeness (QED) is 0.601. The van der Waals surface area contributed by atoms with Gasteiger partial charge in [-0.15, -0.1) is 0 Å². The summed E-state index contributed by atoms with van der Waals surface area (Å²) in [4.78, 5) is 22.7. The summed E-state index contributed by atoms with van der Waals surface area (Å²) in [6.45, 7) is 3.04. The molecule has 0 radical (unpaired) electrons. The number of aryl methyl sites for hydroxylation is 1. The van der Waals surface area contributed by atoms with Crippen LogP contribution in [0.15, 0.2) is 0 Å². The third kappa shape index (κ3) is 3.75. The maximum absolute atomic E-state index is 11.2. The lowest BCUT2D eigenvalue weighted by molar-refractivity contribution is -0.385. The molecular formula is C11H20N6O2. The summed E-state index contributed by atoms with van der Waals surface area (Å²) in [6.07, 6.45) is 0. The first kappa shape index (κ1) is 15.1. The molecule has 0 unspecified atom stereocenters. The van der Waals surface area contributed by atoms with Gasteiger partial charge in [0.15, 0.2) is 0 Å². The van der Waals surface area contributed by atoms with Crippen molar-refractivity contribution >= 4 is 17.5 Å². The molecule has 0 aliphatic heterocycles. The third-order valence-electron chi connectivity index (χ3n) is 2.69. The molecule has 0 atom stereocenters. The van der Waals surface area contributed by atoms with Crippen molar-refractivity contribution < 1.29 is 4.92 Å². The van der Waals surface area contributed by atoms with E-state index in [1.807, 2.05) is 19.0 Å². The Kier molecular flexibility index (Phi) is 4.99. The van der Waals surface area contributed by atoms with E-state index in [1.54, 1.807) is 25.9 Å². The zero-order valence-corrected chi connectivity index (χ0v) is 12.0. The summed E-state index contributed by atoms with van der Waals surface area (Å²) in [6, 6.07) is 0. The van der Waals surface area contributed by atoms with Crippen molar-refractivity contribution in [2.75, 3.05) is 51.5 Å². The minimum Gasteiger partial charge on any atom is -0.357 e. The van der Waals surface area contributed by atoms with Crippen molar-refractivity contribution in [3.8, 4) is 0 Å². The Morgan fingerprint density at radius 3 is 2.37 bits per heavy atom. The number of nitrogens with one attached hydrogen (secondary N) is 1. The Labute approximate surface area is 112 Å². The largest absolute Gasteiger partial charge is 0.357 e. The molecule has 0 aliphatic carbocycles. The summed E-state index contributed by atoms with van der Waals surface area (Å²) >= 11 is 0. The van der Waals surface area contributed by atoms with E-state index in [1.165, 1.54) is 0 Å². The van der Waals surface area contributed by atoms with Crippen molar-refractivity contribution in [3.05, 3.63) is 15.8 Å². The Balaban J connectivity index is 3.15. The van der Waals surface area contributed by atoms with Crippen LogP contribution in [0.2, 0.25) is 0 Å². The van der Waals surface area contributed by atoms with Crippen LogP contribution in [-0.4, -0.2) is 61.1 Å². The second kappa shape index (κ2) is 6.28. The van der Waals surface area contributed by atoms with Crippen LogP contribution in [0.5, 0.6) is 0 Å². The molecule has 0 aromatic carbocycles. The van der Waals surface area contributed by atoms with Crippen LogP contribution in [0, 0.1) is 17.0 Å². The second-order valence-corrected chi connectivity index (χ2v) is 4.54. The second-order valence-electron chi connectivity index (χ2n) is 4.54. The van der Waals surface area contributed by atoms with E-state index in [0.717, 1.165) is 6.54 Å². The number of nitrogens with zero attached hydrogens (tertiary/aromatic N) is 5. The van der Waals surface area contributed by atoms with Crippen LogP contribution >= 0.6 is 0 Å². The number of likely N-dealkylation sites (N-methyl/N-ethyl adjacent to an activating group) is 2. The molecule has 0 bridgehead atoms. The fraction of sp³-hybridized carbons (Fsp3) is 0.636. The molecule has 1 N–H and O–H groups in total. The molecule has 0 saturated carbocycles. The van der Waals surface area contributed by atoms with Crippen LogP contribution in [0.3, 0.4) is 0 Å². The third-order valence-corrected chi connectivity index (χ3v) is 2.69. The van der Waals surface area contributed by atoms with Gasteiger partial charge >= 0.3 is 5.69 Å². The Hall–Kier alpha value is -1.96. The lowest BCUT2D eigenvalue weighted by Gasteiger charge is -2.21. The number of rotatable bonds is 6. The maximum atomic E-state index is 11.2. The van der Waals surface area contributed by atoms with E-state index < -0.39 is 4.92 Å². The molecule has 0 spiro atoms. The lowest BCUT2D eigenvalue weighted by atomic mass is 10.3. The van der Waals surface area contributed by atoms with E-state index in [-0.39, 0.29) is 5.69 Å². The van der Waals surface area contributed by atoms with Gasteiger partial charge in [-0.05, 0) is 21.0 Å². The van der Waals surface area contributed by atoms with Gasteiger partial charge < -0.3 is 15.1 Å². The number of anilines is 2. The van der Waals surface area contributed by atoms with Gasteiger partial charge in [-0.25, -0.2) is 4.98 Å². The normalized spacial score (nSPS) is 10.6. The van der Waals surface area contributed by atoms with Crippen LogP contribution in [0.1, 0.15) is 5.69 Å². The van der Waals surface area contributed by atoms with Crippen molar-refractivity contribution in [2.45, 2.75) is 6.92 Å². The predicted octanol–water partition coefficient (Wildman–Crippen LogP) is 0.733. The first-order valence-electron chi connectivity index (χ1n) is 5.93. The molecule has 0 saturated heterocycles. The minimum absolute atomic E-state index is 0.0414. The van der Waals surface area contributed by atoms with E-state index in [9.17, 15) is 10.1 Å². The SMILES string of the molecule is CNc1nc(C)c([N+](=O)[O-])c(N(C)CCN(C)C)n1. The minimum atomic E-state index is -0.434. The highest BCUT2D eigenvalue weighted by atomic mass is 16.6. The fourth-order valence-electron chi connectivity index (χ4n) is 1.60. The molecule has 106 valence electrons. The van der Waals surface area contributed by atoms with Crippen LogP contribution < -0.4 is 10.2 Å². The zero-order valence-electron chi connectivity index (χ0n) is 12.0. The predicted molar refractivity (Wildman–Crippen MR) is 74.8 cm³/mol. The monoisotopic (exact) mass is 268 g/mol. The van der Waals surface area contributed by atoms with Gasteiger partial charge in [0.1, 0.15) is 5.69 Å². The summed E-state index contributed by atoms with van der Waals surface area (Å²) in [7, 11) is 7.38. The molecule has 1 aromatic heterocycles. The molecule has 19 heavy (non-hydrogen) atoms.